The lowest BCUT2D eigenvalue weighted by Crippen LogP contribution is -2.39. The van der Waals surface area contributed by atoms with Gasteiger partial charge in [-0.05, 0) is 25.3 Å². The topological polar surface area (TPSA) is 74.8 Å². The van der Waals surface area contributed by atoms with Crippen LogP contribution in [0.4, 0.5) is 0 Å². The molecule has 0 bridgehead atoms. The van der Waals surface area contributed by atoms with Crippen molar-refractivity contribution in [3.8, 4) is 0 Å². The fraction of sp³-hybridized carbons (Fsp3) is 0.444. The predicted molar refractivity (Wildman–Crippen MR) is 92.7 cm³/mol. The van der Waals surface area contributed by atoms with Gasteiger partial charge in [0.15, 0.2) is 0 Å². The number of pyridine rings is 1. The number of aromatic nitrogens is 4. The largest absolute Gasteiger partial charge is 0.346 e. The predicted octanol–water partition coefficient (Wildman–Crippen LogP) is 3.01. The van der Waals surface area contributed by atoms with Crippen molar-refractivity contribution >= 4 is 27.8 Å². The molecule has 6 heteroatoms. The van der Waals surface area contributed by atoms with Crippen molar-refractivity contribution in [3.05, 3.63) is 30.5 Å². The van der Waals surface area contributed by atoms with E-state index in [1.165, 1.54) is 0 Å². The Morgan fingerprint density at radius 1 is 1.38 bits per heavy atom. The molecule has 24 heavy (non-hydrogen) atoms. The molecule has 3 aromatic rings. The van der Waals surface area contributed by atoms with Crippen molar-refractivity contribution in [3.63, 3.8) is 0 Å². The number of nitrogens with one attached hydrogen (secondary N) is 1. The van der Waals surface area contributed by atoms with Gasteiger partial charge in [-0.25, -0.2) is 15.0 Å². The van der Waals surface area contributed by atoms with E-state index in [1.54, 1.807) is 12.5 Å². The normalized spacial score (nSPS) is 18.4. The maximum Gasteiger partial charge on any atom is 0.222 e. The van der Waals surface area contributed by atoms with Gasteiger partial charge in [0.1, 0.15) is 12.0 Å². The minimum Gasteiger partial charge on any atom is -0.346 e. The first-order valence-electron chi connectivity index (χ1n) is 8.62. The van der Waals surface area contributed by atoms with Gasteiger partial charge in [-0.15, -0.1) is 0 Å². The number of carbonyl (C=O) groups excluding carboxylic acids is 1. The molecule has 4 heterocycles. The van der Waals surface area contributed by atoms with Crippen molar-refractivity contribution in [2.75, 3.05) is 13.1 Å². The summed E-state index contributed by atoms with van der Waals surface area (Å²) in [5, 5.41) is 2.12. The van der Waals surface area contributed by atoms with Crippen molar-refractivity contribution in [1.29, 1.82) is 0 Å². The molecule has 6 nitrogen and oxygen atoms in total. The fourth-order valence-corrected chi connectivity index (χ4v) is 3.69. The van der Waals surface area contributed by atoms with E-state index < -0.39 is 0 Å². The third kappa shape index (κ3) is 2.52. The lowest BCUT2D eigenvalue weighted by molar-refractivity contribution is -0.132. The summed E-state index contributed by atoms with van der Waals surface area (Å²) in [5.41, 5.74) is 2.76. The molecule has 0 aromatic carbocycles. The monoisotopic (exact) mass is 323 g/mol. The first-order chi connectivity index (χ1) is 11.8. The summed E-state index contributed by atoms with van der Waals surface area (Å²) < 4.78 is 0. The number of amides is 1. The van der Waals surface area contributed by atoms with Crippen LogP contribution in [0.2, 0.25) is 0 Å². The van der Waals surface area contributed by atoms with Gasteiger partial charge in [0.05, 0.1) is 17.4 Å². The highest BCUT2D eigenvalue weighted by Crippen LogP contribution is 2.33. The zero-order valence-electron chi connectivity index (χ0n) is 13.8. The van der Waals surface area contributed by atoms with E-state index in [2.05, 4.69) is 19.9 Å². The molecular formula is C18H21N5O. The molecule has 0 radical (unpaired) electrons. The summed E-state index contributed by atoms with van der Waals surface area (Å²) >= 11 is 0. The first-order valence-corrected chi connectivity index (χ1v) is 8.62. The molecule has 1 amide bonds. The van der Waals surface area contributed by atoms with Gasteiger partial charge in [-0.3, -0.25) is 4.79 Å². The highest BCUT2D eigenvalue weighted by atomic mass is 16.2. The van der Waals surface area contributed by atoms with E-state index in [0.29, 0.717) is 6.42 Å². The lowest BCUT2D eigenvalue weighted by atomic mass is 9.91. The molecule has 1 saturated heterocycles. The average Bonchev–Trinajstić information content (AvgIpc) is 3.10. The zero-order valence-corrected chi connectivity index (χ0v) is 13.8. The van der Waals surface area contributed by atoms with E-state index in [-0.39, 0.29) is 11.8 Å². The second-order valence-electron chi connectivity index (χ2n) is 6.45. The average molecular weight is 323 g/mol. The molecule has 0 saturated carbocycles. The molecule has 4 rings (SSSR count). The van der Waals surface area contributed by atoms with Crippen LogP contribution in [0.25, 0.3) is 21.9 Å². The summed E-state index contributed by atoms with van der Waals surface area (Å²) in [7, 11) is 0. The molecule has 1 N–H and O–H groups in total. The fourth-order valence-electron chi connectivity index (χ4n) is 3.69. The quantitative estimate of drug-likeness (QED) is 0.804. The maximum absolute atomic E-state index is 12.3. The standard InChI is InChI=1S/C18H21N5O/c1-2-4-15(24)23-8-3-5-12(10-23)17-16-13-6-7-19-18(13)20-9-14(16)21-11-22-17/h6-7,9,11-12H,2-5,8,10H2,1H3,(H,19,20). The van der Waals surface area contributed by atoms with Crippen molar-refractivity contribution in [2.45, 2.75) is 38.5 Å². The Bertz CT molecular complexity index is 887. The summed E-state index contributed by atoms with van der Waals surface area (Å²) in [6.45, 7) is 3.66. The van der Waals surface area contributed by atoms with Crippen molar-refractivity contribution in [2.24, 2.45) is 0 Å². The summed E-state index contributed by atoms with van der Waals surface area (Å²) in [6.07, 6.45) is 8.90. The number of aromatic amines is 1. The Hall–Kier alpha value is -2.50. The Kier molecular flexibility index (Phi) is 3.88. The minimum atomic E-state index is 0.255. The second-order valence-corrected chi connectivity index (χ2v) is 6.45. The zero-order chi connectivity index (χ0) is 16.5. The van der Waals surface area contributed by atoms with E-state index in [1.807, 2.05) is 24.1 Å². The van der Waals surface area contributed by atoms with Gasteiger partial charge in [0.2, 0.25) is 5.91 Å². The molecule has 1 aliphatic heterocycles. The third-order valence-corrected chi connectivity index (χ3v) is 4.84. The van der Waals surface area contributed by atoms with Gasteiger partial charge in [-0.1, -0.05) is 6.92 Å². The number of piperidine rings is 1. The van der Waals surface area contributed by atoms with Crippen LogP contribution in [-0.4, -0.2) is 43.8 Å². The molecule has 3 aromatic heterocycles. The first kappa shape index (κ1) is 15.1. The van der Waals surface area contributed by atoms with Crippen LogP contribution in [0.15, 0.2) is 24.8 Å². The van der Waals surface area contributed by atoms with Crippen LogP contribution in [0.5, 0.6) is 0 Å². The molecule has 1 aliphatic rings. The van der Waals surface area contributed by atoms with Crippen LogP contribution >= 0.6 is 0 Å². The highest BCUT2D eigenvalue weighted by Gasteiger charge is 2.27. The van der Waals surface area contributed by atoms with E-state index in [9.17, 15) is 4.79 Å². The van der Waals surface area contributed by atoms with Crippen LogP contribution < -0.4 is 0 Å². The van der Waals surface area contributed by atoms with Crippen molar-refractivity contribution < 1.29 is 4.79 Å². The molecule has 0 aliphatic carbocycles. The number of rotatable bonds is 3. The van der Waals surface area contributed by atoms with E-state index >= 15 is 0 Å². The third-order valence-electron chi connectivity index (χ3n) is 4.84. The summed E-state index contributed by atoms with van der Waals surface area (Å²) in [4.78, 5) is 30.8. The van der Waals surface area contributed by atoms with Crippen LogP contribution in [0.3, 0.4) is 0 Å². The second kappa shape index (κ2) is 6.19. The van der Waals surface area contributed by atoms with E-state index in [0.717, 1.165) is 60.0 Å². The molecule has 1 fully saturated rings. The number of H-pyrrole nitrogens is 1. The van der Waals surface area contributed by atoms with E-state index in [4.69, 9.17) is 0 Å². The molecule has 124 valence electrons. The van der Waals surface area contributed by atoms with Gasteiger partial charge < -0.3 is 9.88 Å². The van der Waals surface area contributed by atoms with Crippen LogP contribution in [0, 0.1) is 0 Å². The smallest absolute Gasteiger partial charge is 0.222 e. The Morgan fingerprint density at radius 3 is 3.17 bits per heavy atom. The number of hydrogen-bond donors (Lipinski definition) is 1. The van der Waals surface area contributed by atoms with Gasteiger partial charge in [0, 0.05) is 42.4 Å². The van der Waals surface area contributed by atoms with Crippen molar-refractivity contribution in [1.82, 2.24) is 24.8 Å². The summed E-state index contributed by atoms with van der Waals surface area (Å²) in [5.74, 6) is 0.513. The number of hydrogen-bond acceptors (Lipinski definition) is 4. The number of fused-ring (bicyclic) bond motifs is 3. The van der Waals surface area contributed by atoms with Gasteiger partial charge in [0.25, 0.3) is 0 Å². The summed E-state index contributed by atoms with van der Waals surface area (Å²) in [6, 6.07) is 2.03. The number of carbonyl (C=O) groups is 1. The highest BCUT2D eigenvalue weighted by molar-refractivity contribution is 6.04. The Balaban J connectivity index is 1.75. The number of likely N-dealkylation sites (tertiary alicyclic amines) is 1. The van der Waals surface area contributed by atoms with Gasteiger partial charge >= 0.3 is 0 Å². The van der Waals surface area contributed by atoms with Crippen LogP contribution in [0.1, 0.15) is 44.2 Å². The number of nitrogens with zero attached hydrogens (tertiary/aromatic N) is 4. The molecule has 0 spiro atoms. The Morgan fingerprint density at radius 2 is 2.29 bits per heavy atom. The molecule has 1 atom stereocenters. The molecule has 1 unspecified atom stereocenters. The lowest BCUT2D eigenvalue weighted by Gasteiger charge is -2.33. The van der Waals surface area contributed by atoms with Gasteiger partial charge in [-0.2, -0.15) is 0 Å². The van der Waals surface area contributed by atoms with Crippen LogP contribution in [-0.2, 0) is 4.79 Å². The Labute approximate surface area is 140 Å². The SMILES string of the molecule is CCCC(=O)N1CCCC(c2ncnc3cnc4[nH]ccc4c23)C1. The minimum absolute atomic E-state index is 0.255. The maximum atomic E-state index is 12.3. The molecular weight excluding hydrogens is 302 g/mol.